The number of halogens is 2. The molecule has 0 radical (unpaired) electrons. The second kappa shape index (κ2) is 9.94. The van der Waals surface area contributed by atoms with Crippen LogP contribution in [0.3, 0.4) is 0 Å². The summed E-state index contributed by atoms with van der Waals surface area (Å²) in [5, 5.41) is 3.22. The minimum absolute atomic E-state index is 0. The molecule has 138 valence electrons. The molecule has 0 saturated carbocycles. The highest BCUT2D eigenvalue weighted by atomic mass is 35.5. The minimum atomic E-state index is 0. The van der Waals surface area contributed by atoms with E-state index >= 15 is 0 Å². The van der Waals surface area contributed by atoms with Gasteiger partial charge in [-0.15, -0.1) is 24.8 Å². The number of hydrogen-bond acceptors (Lipinski definition) is 5. The first-order chi connectivity index (χ1) is 11.7. The quantitative estimate of drug-likeness (QED) is 0.641. The molecule has 0 spiro atoms. The molecule has 5 nitrogen and oxygen atoms in total. The van der Waals surface area contributed by atoms with Crippen molar-refractivity contribution in [3.05, 3.63) is 60.4 Å². The molecule has 26 heavy (non-hydrogen) atoms. The maximum absolute atomic E-state index is 5.40. The molecule has 0 saturated heterocycles. The Balaban J connectivity index is 0.00000169. The van der Waals surface area contributed by atoms with E-state index in [1.54, 1.807) is 13.3 Å². The van der Waals surface area contributed by atoms with Crippen LogP contribution in [0.1, 0.15) is 25.3 Å². The lowest BCUT2D eigenvalue weighted by Gasteiger charge is -2.12. The molecule has 0 fully saturated rings. The number of ether oxygens (including phenoxy) is 1. The van der Waals surface area contributed by atoms with E-state index in [0.29, 0.717) is 17.5 Å². The average molecular weight is 393 g/mol. The molecule has 3 aromatic heterocycles. The van der Waals surface area contributed by atoms with Crippen molar-refractivity contribution < 1.29 is 4.74 Å². The Labute approximate surface area is 166 Å². The highest BCUT2D eigenvalue weighted by Gasteiger charge is 2.10. The number of aromatic nitrogens is 3. The number of methoxy groups -OCH3 is 1. The summed E-state index contributed by atoms with van der Waals surface area (Å²) in [6.07, 6.45) is 3.63. The molecule has 7 heteroatoms. The molecule has 0 unspecified atom stereocenters. The predicted octanol–water partition coefficient (Wildman–Crippen LogP) is 5.26. The lowest BCUT2D eigenvalue weighted by atomic mass is 10.1. The summed E-state index contributed by atoms with van der Waals surface area (Å²) >= 11 is 0. The van der Waals surface area contributed by atoms with E-state index in [1.165, 1.54) is 5.56 Å². The first kappa shape index (κ1) is 21.7. The van der Waals surface area contributed by atoms with E-state index in [0.717, 1.165) is 17.2 Å². The normalized spacial score (nSPS) is 9.85. The van der Waals surface area contributed by atoms with Gasteiger partial charge in [-0.2, -0.15) is 0 Å². The molecule has 0 bridgehead atoms. The summed E-state index contributed by atoms with van der Waals surface area (Å²) in [6.45, 7) is 4.29. The lowest BCUT2D eigenvalue weighted by molar-refractivity contribution is 0.415. The van der Waals surface area contributed by atoms with Crippen LogP contribution >= 0.6 is 24.8 Å². The summed E-state index contributed by atoms with van der Waals surface area (Å²) < 4.78 is 5.40. The summed E-state index contributed by atoms with van der Waals surface area (Å²) in [5.41, 5.74) is 2.78. The Morgan fingerprint density at radius 3 is 2.31 bits per heavy atom. The highest BCUT2D eigenvalue weighted by Crippen LogP contribution is 2.28. The van der Waals surface area contributed by atoms with Gasteiger partial charge in [-0.1, -0.05) is 26.0 Å². The molecular weight excluding hydrogens is 371 g/mol. The first-order valence-electron chi connectivity index (χ1n) is 7.87. The van der Waals surface area contributed by atoms with Gasteiger partial charge in [0.25, 0.3) is 0 Å². The number of hydrogen-bond donors (Lipinski definition) is 1. The molecule has 0 aliphatic carbocycles. The molecule has 1 N–H and O–H groups in total. The van der Waals surface area contributed by atoms with Crippen molar-refractivity contribution in [2.75, 3.05) is 12.4 Å². The van der Waals surface area contributed by atoms with E-state index in [4.69, 9.17) is 4.74 Å². The lowest BCUT2D eigenvalue weighted by Crippen LogP contribution is -2.01. The Morgan fingerprint density at radius 1 is 0.923 bits per heavy atom. The molecule has 3 rings (SSSR count). The third-order valence-electron chi connectivity index (χ3n) is 3.70. The van der Waals surface area contributed by atoms with Gasteiger partial charge < -0.3 is 10.1 Å². The minimum Gasteiger partial charge on any atom is -0.493 e. The van der Waals surface area contributed by atoms with Gasteiger partial charge in [0.2, 0.25) is 0 Å². The number of rotatable bonds is 5. The van der Waals surface area contributed by atoms with Crippen LogP contribution in [-0.4, -0.2) is 22.1 Å². The SMILES string of the molecule is COc1ccc(-c2ccccn2)nc1Nc1ccc(C(C)C)cn1.Cl.Cl. The van der Waals surface area contributed by atoms with Crippen LogP contribution in [0.5, 0.6) is 5.75 Å². The monoisotopic (exact) mass is 392 g/mol. The molecule has 3 heterocycles. The largest absolute Gasteiger partial charge is 0.493 e. The Bertz CT molecular complexity index is 812. The van der Waals surface area contributed by atoms with Crippen molar-refractivity contribution in [3.63, 3.8) is 0 Å². The third-order valence-corrected chi connectivity index (χ3v) is 3.70. The number of pyridine rings is 3. The zero-order valence-corrected chi connectivity index (χ0v) is 16.5. The molecule has 0 aliphatic heterocycles. The van der Waals surface area contributed by atoms with Gasteiger partial charge >= 0.3 is 0 Å². The van der Waals surface area contributed by atoms with Crippen molar-refractivity contribution in [1.82, 2.24) is 15.0 Å². The maximum atomic E-state index is 5.40. The van der Waals surface area contributed by atoms with E-state index in [-0.39, 0.29) is 24.8 Å². The fraction of sp³-hybridized carbons (Fsp3) is 0.211. The molecule has 0 amide bonds. The van der Waals surface area contributed by atoms with Gasteiger partial charge in [0.1, 0.15) is 5.82 Å². The third kappa shape index (κ3) is 5.07. The standard InChI is InChI=1S/C19H20N4O.2ClH/c1-13(2)14-7-10-18(21-12-14)23-19-17(24-3)9-8-16(22-19)15-6-4-5-11-20-15;;/h4-13H,1-3H3,(H,21,22,23);2*1H. The van der Waals surface area contributed by atoms with Gasteiger partial charge in [-0.25, -0.2) is 9.97 Å². The Hall–Kier alpha value is -2.37. The van der Waals surface area contributed by atoms with Crippen LogP contribution in [0.25, 0.3) is 11.4 Å². The fourth-order valence-corrected chi connectivity index (χ4v) is 2.30. The summed E-state index contributed by atoms with van der Waals surface area (Å²) in [7, 11) is 1.62. The summed E-state index contributed by atoms with van der Waals surface area (Å²) in [5.74, 6) is 2.45. The Morgan fingerprint density at radius 2 is 1.73 bits per heavy atom. The van der Waals surface area contributed by atoms with Gasteiger partial charge in [0.15, 0.2) is 11.6 Å². The number of nitrogens with one attached hydrogen (secondary N) is 1. The topological polar surface area (TPSA) is 59.9 Å². The zero-order chi connectivity index (χ0) is 16.9. The number of nitrogens with zero attached hydrogens (tertiary/aromatic N) is 3. The smallest absolute Gasteiger partial charge is 0.175 e. The molecular formula is C19H22Cl2N4O. The second-order valence-electron chi connectivity index (χ2n) is 5.72. The van der Waals surface area contributed by atoms with Crippen LogP contribution in [-0.2, 0) is 0 Å². The van der Waals surface area contributed by atoms with Crippen LogP contribution in [0.15, 0.2) is 54.9 Å². The van der Waals surface area contributed by atoms with Crippen LogP contribution < -0.4 is 10.1 Å². The van der Waals surface area contributed by atoms with Crippen molar-refractivity contribution in [3.8, 4) is 17.1 Å². The fourth-order valence-electron chi connectivity index (χ4n) is 2.30. The predicted molar refractivity (Wildman–Crippen MR) is 110 cm³/mol. The first-order valence-corrected chi connectivity index (χ1v) is 7.87. The maximum Gasteiger partial charge on any atom is 0.175 e. The Kier molecular flexibility index (Phi) is 8.29. The van der Waals surface area contributed by atoms with E-state index in [1.807, 2.05) is 42.6 Å². The summed E-state index contributed by atoms with van der Waals surface area (Å²) in [4.78, 5) is 13.4. The van der Waals surface area contributed by atoms with Crippen molar-refractivity contribution in [2.45, 2.75) is 19.8 Å². The van der Waals surface area contributed by atoms with Crippen molar-refractivity contribution in [1.29, 1.82) is 0 Å². The molecule has 3 aromatic rings. The highest BCUT2D eigenvalue weighted by molar-refractivity contribution is 5.85. The molecule has 0 atom stereocenters. The van der Waals surface area contributed by atoms with Crippen LogP contribution in [0.4, 0.5) is 11.6 Å². The van der Waals surface area contributed by atoms with E-state index in [9.17, 15) is 0 Å². The zero-order valence-electron chi connectivity index (χ0n) is 14.8. The van der Waals surface area contributed by atoms with Crippen molar-refractivity contribution in [2.24, 2.45) is 0 Å². The average Bonchev–Trinajstić information content (AvgIpc) is 2.63. The van der Waals surface area contributed by atoms with Gasteiger partial charge in [-0.05, 0) is 41.8 Å². The second-order valence-corrected chi connectivity index (χ2v) is 5.72. The van der Waals surface area contributed by atoms with Gasteiger partial charge in [0, 0.05) is 12.4 Å². The van der Waals surface area contributed by atoms with Gasteiger partial charge in [0.05, 0.1) is 18.5 Å². The van der Waals surface area contributed by atoms with E-state index in [2.05, 4.69) is 40.2 Å². The summed E-state index contributed by atoms with van der Waals surface area (Å²) in [6, 6.07) is 13.5. The van der Waals surface area contributed by atoms with Crippen molar-refractivity contribution >= 4 is 36.4 Å². The number of anilines is 2. The van der Waals surface area contributed by atoms with E-state index < -0.39 is 0 Å². The van der Waals surface area contributed by atoms with Crippen LogP contribution in [0.2, 0.25) is 0 Å². The molecule has 0 aliphatic rings. The van der Waals surface area contributed by atoms with Gasteiger partial charge in [-0.3, -0.25) is 4.98 Å². The molecule has 0 aromatic carbocycles. The van der Waals surface area contributed by atoms with Crippen LogP contribution in [0, 0.1) is 0 Å².